The Labute approximate surface area is 172 Å². The van der Waals surface area contributed by atoms with E-state index in [0.29, 0.717) is 23.9 Å². The van der Waals surface area contributed by atoms with Crippen LogP contribution in [-0.4, -0.2) is 42.3 Å². The fraction of sp³-hybridized carbons (Fsp3) is 0.696. The second-order valence-electron chi connectivity index (χ2n) is 9.58. The van der Waals surface area contributed by atoms with E-state index in [1.807, 2.05) is 0 Å². The summed E-state index contributed by atoms with van der Waals surface area (Å²) in [6, 6.07) is 2.11. The lowest BCUT2D eigenvalue weighted by Crippen LogP contribution is -2.35. The molecule has 1 aliphatic heterocycles. The van der Waals surface area contributed by atoms with Crippen molar-refractivity contribution in [3.63, 3.8) is 0 Å². The van der Waals surface area contributed by atoms with Gasteiger partial charge in [0.1, 0.15) is 11.6 Å². The van der Waals surface area contributed by atoms with Crippen molar-refractivity contribution >= 4 is 22.9 Å². The zero-order valence-corrected chi connectivity index (χ0v) is 18.5. The van der Waals surface area contributed by atoms with Crippen LogP contribution in [0, 0.1) is 11.8 Å². The van der Waals surface area contributed by atoms with Gasteiger partial charge in [0.05, 0.1) is 0 Å². The zero-order chi connectivity index (χ0) is 20.5. The summed E-state index contributed by atoms with van der Waals surface area (Å²) < 4.78 is 13.0. The van der Waals surface area contributed by atoms with E-state index in [1.165, 1.54) is 48.2 Å². The van der Waals surface area contributed by atoms with Gasteiger partial charge in [-0.3, -0.25) is 4.90 Å². The van der Waals surface area contributed by atoms with Crippen LogP contribution < -0.4 is 0 Å². The van der Waals surface area contributed by atoms with Crippen molar-refractivity contribution in [3.05, 3.63) is 27.0 Å². The van der Waals surface area contributed by atoms with Crippen LogP contribution in [0.15, 0.2) is 11.6 Å². The molecule has 3 rings (SSSR count). The standard InChI is InChI=1S/C23H34FNO2S/c1-15-5-7-16(8-6-15)17-9-11-25(12-10-24)14-19(17)18-13-20(23(2,3)4)28-21(18)22(26)27/h13,15-16H,5-12,14H2,1-4H3,(H,26,27). The van der Waals surface area contributed by atoms with Gasteiger partial charge in [0.2, 0.25) is 0 Å². The first-order valence-electron chi connectivity index (χ1n) is 10.6. The number of carboxylic acids is 1. The van der Waals surface area contributed by atoms with Gasteiger partial charge >= 0.3 is 5.97 Å². The lowest BCUT2D eigenvalue weighted by atomic mass is 9.75. The van der Waals surface area contributed by atoms with Crippen LogP contribution in [0.25, 0.3) is 5.57 Å². The monoisotopic (exact) mass is 407 g/mol. The van der Waals surface area contributed by atoms with E-state index in [9.17, 15) is 14.3 Å². The third kappa shape index (κ3) is 4.68. The lowest BCUT2D eigenvalue weighted by Gasteiger charge is -2.36. The van der Waals surface area contributed by atoms with Crippen LogP contribution in [0.1, 0.15) is 79.9 Å². The minimum atomic E-state index is -0.845. The van der Waals surface area contributed by atoms with E-state index in [0.717, 1.165) is 29.3 Å². The first-order valence-corrected chi connectivity index (χ1v) is 11.4. The Morgan fingerprint density at radius 1 is 1.29 bits per heavy atom. The predicted octanol–water partition coefficient (Wildman–Crippen LogP) is 6.00. The number of halogens is 1. The Bertz CT molecular complexity index is 738. The first kappa shape index (κ1) is 21.5. The summed E-state index contributed by atoms with van der Waals surface area (Å²) in [5.41, 5.74) is 3.42. The summed E-state index contributed by atoms with van der Waals surface area (Å²) >= 11 is 1.41. The summed E-state index contributed by atoms with van der Waals surface area (Å²) in [5.74, 6) is 0.496. The average Bonchev–Trinajstić information content (AvgIpc) is 3.09. The number of hydrogen-bond donors (Lipinski definition) is 1. The topological polar surface area (TPSA) is 40.5 Å². The maximum Gasteiger partial charge on any atom is 0.346 e. The van der Waals surface area contributed by atoms with Gasteiger partial charge in [-0.2, -0.15) is 0 Å². The number of rotatable bonds is 5. The highest BCUT2D eigenvalue weighted by atomic mass is 32.1. The third-order valence-electron chi connectivity index (χ3n) is 6.37. The maximum atomic E-state index is 13.0. The lowest BCUT2D eigenvalue weighted by molar-refractivity contribution is 0.0701. The Morgan fingerprint density at radius 2 is 1.96 bits per heavy atom. The minimum Gasteiger partial charge on any atom is -0.477 e. The normalized spacial score (nSPS) is 24.6. The number of alkyl halides is 1. The van der Waals surface area contributed by atoms with E-state index in [4.69, 9.17) is 0 Å². The Balaban J connectivity index is 2.06. The number of aromatic carboxylic acids is 1. The molecular formula is C23H34FNO2S. The molecule has 1 N–H and O–H groups in total. The molecule has 0 aromatic carbocycles. The van der Waals surface area contributed by atoms with Gasteiger partial charge in [0, 0.05) is 30.1 Å². The molecule has 0 spiro atoms. The van der Waals surface area contributed by atoms with Crippen molar-refractivity contribution in [2.24, 2.45) is 11.8 Å². The summed E-state index contributed by atoms with van der Waals surface area (Å²) in [6.45, 7) is 10.3. The van der Waals surface area contributed by atoms with Crippen molar-refractivity contribution < 1.29 is 14.3 Å². The van der Waals surface area contributed by atoms with Crippen molar-refractivity contribution in [1.82, 2.24) is 4.90 Å². The number of nitrogens with zero attached hydrogens (tertiary/aromatic N) is 1. The van der Waals surface area contributed by atoms with E-state index in [-0.39, 0.29) is 12.1 Å². The van der Waals surface area contributed by atoms with Gasteiger partial charge in [0.25, 0.3) is 0 Å². The van der Waals surface area contributed by atoms with Crippen LogP contribution in [0.3, 0.4) is 0 Å². The summed E-state index contributed by atoms with van der Waals surface area (Å²) in [6.07, 6.45) is 5.83. The van der Waals surface area contributed by atoms with Gasteiger partial charge in [-0.1, -0.05) is 46.1 Å². The zero-order valence-electron chi connectivity index (χ0n) is 17.7. The maximum absolute atomic E-state index is 13.0. The third-order valence-corrected chi connectivity index (χ3v) is 7.92. The Hall–Kier alpha value is -1.20. The molecule has 0 bridgehead atoms. The summed E-state index contributed by atoms with van der Waals surface area (Å²) in [7, 11) is 0. The van der Waals surface area contributed by atoms with E-state index in [1.54, 1.807) is 0 Å². The molecule has 0 saturated heterocycles. The van der Waals surface area contributed by atoms with Crippen LogP contribution >= 0.6 is 11.3 Å². The number of carboxylic acid groups (broad SMARTS) is 1. The molecule has 0 amide bonds. The molecule has 5 heteroatoms. The van der Waals surface area contributed by atoms with Gasteiger partial charge in [-0.15, -0.1) is 11.3 Å². The first-order chi connectivity index (χ1) is 13.2. The molecule has 0 atom stereocenters. The molecule has 28 heavy (non-hydrogen) atoms. The molecular weight excluding hydrogens is 373 g/mol. The second-order valence-corrected chi connectivity index (χ2v) is 10.6. The van der Waals surface area contributed by atoms with Crippen molar-refractivity contribution in [2.75, 3.05) is 26.3 Å². The highest BCUT2D eigenvalue weighted by molar-refractivity contribution is 7.14. The molecule has 0 unspecified atom stereocenters. The van der Waals surface area contributed by atoms with Gasteiger partial charge < -0.3 is 5.11 Å². The van der Waals surface area contributed by atoms with E-state index >= 15 is 0 Å². The number of thiophene rings is 1. The van der Waals surface area contributed by atoms with E-state index in [2.05, 4.69) is 38.7 Å². The smallest absolute Gasteiger partial charge is 0.346 e. The number of hydrogen-bond acceptors (Lipinski definition) is 3. The Morgan fingerprint density at radius 3 is 2.54 bits per heavy atom. The number of carbonyl (C=O) groups is 1. The molecule has 3 nitrogen and oxygen atoms in total. The molecule has 1 aromatic rings. The Kier molecular flexibility index (Phi) is 6.65. The largest absolute Gasteiger partial charge is 0.477 e. The molecule has 156 valence electrons. The fourth-order valence-electron chi connectivity index (χ4n) is 4.60. The van der Waals surface area contributed by atoms with Gasteiger partial charge in [0.15, 0.2) is 0 Å². The molecule has 2 heterocycles. The molecule has 1 fully saturated rings. The quantitative estimate of drug-likeness (QED) is 0.651. The molecule has 1 saturated carbocycles. The van der Waals surface area contributed by atoms with Crippen LogP contribution in [0.5, 0.6) is 0 Å². The average molecular weight is 408 g/mol. The van der Waals surface area contributed by atoms with Gasteiger partial charge in [-0.05, 0) is 48.2 Å². The highest BCUT2D eigenvalue weighted by Crippen LogP contribution is 2.43. The fourth-order valence-corrected chi connectivity index (χ4v) is 5.69. The second kappa shape index (κ2) is 8.66. The minimum absolute atomic E-state index is 0.0819. The molecule has 2 aliphatic rings. The summed E-state index contributed by atoms with van der Waals surface area (Å²) in [4.78, 5) is 15.7. The summed E-state index contributed by atoms with van der Waals surface area (Å²) in [5, 5.41) is 9.89. The van der Waals surface area contributed by atoms with Crippen molar-refractivity contribution in [2.45, 2.75) is 65.2 Å². The SMILES string of the molecule is CC1CCC(C2=C(c3cc(C(C)(C)C)sc3C(=O)O)CN(CCF)CC2)CC1. The predicted molar refractivity (Wildman–Crippen MR) is 115 cm³/mol. The molecule has 1 aromatic heterocycles. The molecule has 1 aliphatic carbocycles. The van der Waals surface area contributed by atoms with Crippen LogP contribution in [0.4, 0.5) is 4.39 Å². The van der Waals surface area contributed by atoms with Crippen LogP contribution in [-0.2, 0) is 5.41 Å². The highest BCUT2D eigenvalue weighted by Gasteiger charge is 2.32. The van der Waals surface area contributed by atoms with Gasteiger partial charge in [-0.25, -0.2) is 9.18 Å². The molecule has 0 radical (unpaired) electrons. The van der Waals surface area contributed by atoms with Crippen LogP contribution in [0.2, 0.25) is 0 Å². The van der Waals surface area contributed by atoms with Crippen molar-refractivity contribution in [3.8, 4) is 0 Å². The van der Waals surface area contributed by atoms with Crippen molar-refractivity contribution in [1.29, 1.82) is 0 Å². The van der Waals surface area contributed by atoms with E-state index < -0.39 is 5.97 Å².